The monoisotopic (exact) mass is 741 g/mol. The van der Waals surface area contributed by atoms with E-state index >= 15 is 0 Å². The lowest BCUT2D eigenvalue weighted by Gasteiger charge is -2.29. The van der Waals surface area contributed by atoms with Crippen molar-refractivity contribution in [2.45, 2.75) is 81.6 Å². The zero-order valence-electron chi connectivity index (χ0n) is 29.4. The van der Waals surface area contributed by atoms with E-state index < -0.39 is 72.3 Å². The Hall–Kier alpha value is -4.67. The fourth-order valence-corrected chi connectivity index (χ4v) is 6.34. The van der Waals surface area contributed by atoms with Crippen LogP contribution in [-0.4, -0.2) is 112 Å². The summed E-state index contributed by atoms with van der Waals surface area (Å²) in [4.78, 5) is 79.8. The number of hydrogen-bond donors (Lipinski definition) is 8. The second-order valence-corrected chi connectivity index (χ2v) is 13.7. The van der Waals surface area contributed by atoms with E-state index in [9.17, 15) is 39.0 Å². The SMILES string of the molecule is CSCC[C@@H](NC(=O)[C@@H](N)Cc1ccc(O)cc1)C(=O)NCC(=O)N[C@@H](Cc1ccccc1)C(=O)N1CCC[C@H]1C(=O)N[C@@H](CCCCN)C(=O)O. The van der Waals surface area contributed by atoms with Crippen LogP contribution >= 0.6 is 11.8 Å². The summed E-state index contributed by atoms with van der Waals surface area (Å²) in [6.07, 6.45) is 4.58. The van der Waals surface area contributed by atoms with Gasteiger partial charge < -0.3 is 47.8 Å². The van der Waals surface area contributed by atoms with Crippen molar-refractivity contribution in [2.75, 3.05) is 31.6 Å². The normalized spacial score (nSPS) is 16.2. The van der Waals surface area contributed by atoms with Gasteiger partial charge in [-0.3, -0.25) is 24.0 Å². The molecule has 0 aromatic heterocycles. The Labute approximate surface area is 308 Å². The molecule has 5 amide bonds. The summed E-state index contributed by atoms with van der Waals surface area (Å²) in [7, 11) is 0. The van der Waals surface area contributed by atoms with Gasteiger partial charge in [-0.15, -0.1) is 0 Å². The minimum Gasteiger partial charge on any atom is -0.508 e. The Morgan fingerprint density at radius 3 is 2.21 bits per heavy atom. The smallest absolute Gasteiger partial charge is 0.326 e. The number of phenolic OH excluding ortho intramolecular Hbond substituents is 1. The van der Waals surface area contributed by atoms with Crippen LogP contribution in [0.3, 0.4) is 0 Å². The molecular formula is C36H51N7O8S. The average Bonchev–Trinajstić information content (AvgIpc) is 3.63. The molecule has 1 heterocycles. The van der Waals surface area contributed by atoms with Crippen LogP contribution in [0.25, 0.3) is 0 Å². The Balaban J connectivity index is 1.66. The van der Waals surface area contributed by atoms with E-state index in [-0.39, 0.29) is 38.0 Å². The molecule has 1 aliphatic heterocycles. The van der Waals surface area contributed by atoms with Crippen molar-refractivity contribution in [1.29, 1.82) is 0 Å². The number of aromatic hydroxyl groups is 1. The molecule has 52 heavy (non-hydrogen) atoms. The highest BCUT2D eigenvalue weighted by Crippen LogP contribution is 2.20. The molecule has 15 nitrogen and oxygen atoms in total. The average molecular weight is 742 g/mol. The van der Waals surface area contributed by atoms with Crippen LogP contribution in [0.4, 0.5) is 0 Å². The number of thioether (sulfide) groups is 1. The Bertz CT molecular complexity index is 1500. The maximum atomic E-state index is 14.0. The quantitative estimate of drug-likeness (QED) is 0.0794. The fraction of sp³-hybridized carbons (Fsp3) is 0.500. The first-order chi connectivity index (χ1) is 24.9. The second-order valence-electron chi connectivity index (χ2n) is 12.7. The Kier molecular flexibility index (Phi) is 17.4. The predicted molar refractivity (Wildman–Crippen MR) is 197 cm³/mol. The molecule has 2 aromatic carbocycles. The molecule has 0 bridgehead atoms. The second kappa shape index (κ2) is 21.6. The van der Waals surface area contributed by atoms with Crippen molar-refractivity contribution in [3.63, 3.8) is 0 Å². The Morgan fingerprint density at radius 2 is 1.56 bits per heavy atom. The zero-order chi connectivity index (χ0) is 38.0. The van der Waals surface area contributed by atoms with Gasteiger partial charge in [-0.2, -0.15) is 11.8 Å². The number of amides is 5. The third-order valence-electron chi connectivity index (χ3n) is 8.71. The first-order valence-electron chi connectivity index (χ1n) is 17.4. The molecular weight excluding hydrogens is 691 g/mol. The highest BCUT2D eigenvalue weighted by Gasteiger charge is 2.39. The van der Waals surface area contributed by atoms with Gasteiger partial charge in [0.2, 0.25) is 29.5 Å². The van der Waals surface area contributed by atoms with Crippen LogP contribution in [0.2, 0.25) is 0 Å². The predicted octanol–water partition coefficient (Wildman–Crippen LogP) is 0.0330. The zero-order valence-corrected chi connectivity index (χ0v) is 30.2. The van der Waals surface area contributed by atoms with Crippen molar-refractivity contribution in [3.05, 3.63) is 65.7 Å². The molecule has 5 atom stereocenters. The molecule has 0 unspecified atom stereocenters. The summed E-state index contributed by atoms with van der Waals surface area (Å²) >= 11 is 1.48. The van der Waals surface area contributed by atoms with E-state index in [2.05, 4.69) is 21.3 Å². The van der Waals surface area contributed by atoms with Gasteiger partial charge in [0.15, 0.2) is 0 Å². The summed E-state index contributed by atoms with van der Waals surface area (Å²) in [6, 6.07) is 10.2. The molecule has 1 aliphatic rings. The molecule has 0 aliphatic carbocycles. The number of aliphatic carboxylic acids is 1. The number of phenols is 1. The van der Waals surface area contributed by atoms with Gasteiger partial charge in [0.1, 0.15) is 29.9 Å². The first-order valence-corrected chi connectivity index (χ1v) is 18.8. The largest absolute Gasteiger partial charge is 0.508 e. The van der Waals surface area contributed by atoms with Crippen molar-refractivity contribution in [1.82, 2.24) is 26.2 Å². The van der Waals surface area contributed by atoms with Gasteiger partial charge in [0.05, 0.1) is 12.6 Å². The number of carboxylic acid groups (broad SMARTS) is 1. The summed E-state index contributed by atoms with van der Waals surface area (Å²) in [6.45, 7) is 0.150. The van der Waals surface area contributed by atoms with E-state index in [0.717, 1.165) is 11.1 Å². The number of nitrogens with one attached hydrogen (secondary N) is 4. The van der Waals surface area contributed by atoms with E-state index in [1.807, 2.05) is 12.3 Å². The molecule has 10 N–H and O–H groups in total. The Morgan fingerprint density at radius 1 is 0.865 bits per heavy atom. The number of carbonyl (C=O) groups excluding carboxylic acids is 5. The topological polar surface area (TPSA) is 246 Å². The number of carboxylic acids is 1. The third-order valence-corrected chi connectivity index (χ3v) is 9.36. The lowest BCUT2D eigenvalue weighted by molar-refractivity contribution is -0.145. The lowest BCUT2D eigenvalue weighted by atomic mass is 10.0. The molecule has 16 heteroatoms. The lowest BCUT2D eigenvalue weighted by Crippen LogP contribution is -2.57. The molecule has 284 valence electrons. The van der Waals surface area contributed by atoms with Crippen molar-refractivity contribution in [2.24, 2.45) is 11.5 Å². The minimum absolute atomic E-state index is 0.0824. The molecule has 0 radical (unpaired) electrons. The van der Waals surface area contributed by atoms with Gasteiger partial charge >= 0.3 is 5.97 Å². The number of rotatable bonds is 21. The van der Waals surface area contributed by atoms with Crippen LogP contribution in [0, 0.1) is 0 Å². The highest BCUT2D eigenvalue weighted by atomic mass is 32.2. The third kappa shape index (κ3) is 13.5. The number of unbranched alkanes of at least 4 members (excludes halogenated alkanes) is 1. The maximum absolute atomic E-state index is 14.0. The molecule has 0 saturated carbocycles. The molecule has 1 fully saturated rings. The molecule has 0 spiro atoms. The maximum Gasteiger partial charge on any atom is 0.326 e. The molecule has 2 aromatic rings. The van der Waals surface area contributed by atoms with Crippen LogP contribution < -0.4 is 32.7 Å². The van der Waals surface area contributed by atoms with Gasteiger partial charge in [0.25, 0.3) is 0 Å². The van der Waals surface area contributed by atoms with E-state index in [1.165, 1.54) is 28.8 Å². The molecule has 3 rings (SSSR count). The van der Waals surface area contributed by atoms with E-state index in [0.29, 0.717) is 38.0 Å². The highest BCUT2D eigenvalue weighted by molar-refractivity contribution is 7.98. The summed E-state index contributed by atoms with van der Waals surface area (Å²) in [5.74, 6) is -3.46. The van der Waals surface area contributed by atoms with Gasteiger partial charge in [-0.05, 0) is 86.8 Å². The number of hydrogen-bond acceptors (Lipinski definition) is 10. The minimum atomic E-state index is -1.18. The van der Waals surface area contributed by atoms with Gasteiger partial charge in [-0.25, -0.2) is 4.79 Å². The van der Waals surface area contributed by atoms with Crippen LogP contribution in [0.5, 0.6) is 5.75 Å². The first kappa shape index (κ1) is 41.7. The van der Waals surface area contributed by atoms with Crippen molar-refractivity contribution < 1.29 is 39.0 Å². The summed E-state index contributed by atoms with van der Waals surface area (Å²) in [5.41, 5.74) is 13.1. The number of nitrogens with zero attached hydrogens (tertiary/aromatic N) is 1. The standard InChI is InChI=1S/C36H51N7O8S/c1-52-19-16-27(41-32(46)26(38)20-24-12-14-25(44)15-13-24)33(47)39-22-31(45)40-29(21-23-8-3-2-4-9-23)35(49)43-18-7-11-30(43)34(48)42-28(36(50)51)10-5-6-17-37/h2-4,8-9,12-15,26-30,44H,5-7,10-11,16-22,37-38H2,1H3,(H,39,47)(H,40,45)(H,41,46)(H,42,48)(H,50,51)/t26-,27+,28-,29-,30-/m0/s1. The van der Waals surface area contributed by atoms with Crippen LogP contribution in [0.1, 0.15) is 49.7 Å². The number of likely N-dealkylation sites (tertiary alicyclic amines) is 1. The van der Waals surface area contributed by atoms with Crippen molar-refractivity contribution in [3.8, 4) is 5.75 Å². The summed E-state index contributed by atoms with van der Waals surface area (Å²) in [5, 5.41) is 29.7. The van der Waals surface area contributed by atoms with Gasteiger partial charge in [-0.1, -0.05) is 42.5 Å². The molecule has 1 saturated heterocycles. The van der Waals surface area contributed by atoms with Crippen LogP contribution in [0.15, 0.2) is 54.6 Å². The number of benzene rings is 2. The van der Waals surface area contributed by atoms with E-state index in [4.69, 9.17) is 11.5 Å². The van der Waals surface area contributed by atoms with Crippen molar-refractivity contribution >= 4 is 47.3 Å². The van der Waals surface area contributed by atoms with Gasteiger partial charge in [0, 0.05) is 13.0 Å². The number of carbonyl (C=O) groups is 6. The summed E-state index contributed by atoms with van der Waals surface area (Å²) < 4.78 is 0. The van der Waals surface area contributed by atoms with E-state index in [1.54, 1.807) is 36.4 Å². The number of nitrogens with two attached hydrogens (primary N) is 2. The van der Waals surface area contributed by atoms with Crippen LogP contribution in [-0.2, 0) is 41.6 Å². The fourth-order valence-electron chi connectivity index (χ4n) is 5.87.